The molecule has 2 unspecified atom stereocenters. The van der Waals surface area contributed by atoms with E-state index in [0.717, 1.165) is 23.9 Å². The van der Waals surface area contributed by atoms with Crippen molar-refractivity contribution < 1.29 is 9.90 Å². The fraction of sp³-hybridized carbons (Fsp3) is 0.350. The third-order valence-corrected chi connectivity index (χ3v) is 6.26. The van der Waals surface area contributed by atoms with Gasteiger partial charge in [0.15, 0.2) is 0 Å². The van der Waals surface area contributed by atoms with Crippen molar-refractivity contribution in [3.8, 4) is 0 Å². The van der Waals surface area contributed by atoms with E-state index in [4.69, 9.17) is 0 Å². The minimum absolute atomic E-state index is 0.0635. The summed E-state index contributed by atoms with van der Waals surface area (Å²) in [5.74, 6) is -0.975. The molecule has 2 aromatic rings. The summed E-state index contributed by atoms with van der Waals surface area (Å²) in [7, 11) is 0. The average molecular weight is 420 g/mol. The third-order valence-electron chi connectivity index (χ3n) is 4.80. The van der Waals surface area contributed by atoms with Gasteiger partial charge in [0.1, 0.15) is 0 Å². The Labute approximate surface area is 161 Å². The summed E-state index contributed by atoms with van der Waals surface area (Å²) in [5, 5.41) is 9.46. The predicted molar refractivity (Wildman–Crippen MR) is 106 cm³/mol. The van der Waals surface area contributed by atoms with Crippen LogP contribution in [0.2, 0.25) is 0 Å². The average Bonchev–Trinajstić information content (AvgIpc) is 2.64. The Bertz CT molecular complexity index is 735. The molecule has 2 aromatic carbocycles. The summed E-state index contributed by atoms with van der Waals surface area (Å²) < 4.78 is 1.06. The van der Waals surface area contributed by atoms with Gasteiger partial charge in [-0.05, 0) is 55.0 Å². The molecule has 1 heterocycles. The number of carboxylic acid groups (broad SMARTS) is 1. The monoisotopic (exact) mass is 419 g/mol. The van der Waals surface area contributed by atoms with E-state index < -0.39 is 5.97 Å². The lowest BCUT2D eigenvalue weighted by Crippen LogP contribution is -2.41. The zero-order valence-electron chi connectivity index (χ0n) is 14.2. The van der Waals surface area contributed by atoms with Gasteiger partial charge in [-0.3, -0.25) is 9.69 Å². The number of likely N-dealkylation sites (tertiary alicyclic amines) is 1. The van der Waals surface area contributed by atoms with Gasteiger partial charge in [-0.1, -0.05) is 46.3 Å². The quantitative estimate of drug-likeness (QED) is 0.687. The van der Waals surface area contributed by atoms with Crippen molar-refractivity contribution in [2.45, 2.75) is 23.8 Å². The maximum Gasteiger partial charge on any atom is 0.307 e. The Morgan fingerprint density at radius 1 is 1.24 bits per heavy atom. The molecule has 0 radical (unpaired) electrons. The van der Waals surface area contributed by atoms with Crippen molar-refractivity contribution in [1.29, 1.82) is 0 Å². The van der Waals surface area contributed by atoms with Gasteiger partial charge in [0, 0.05) is 15.9 Å². The van der Waals surface area contributed by atoms with Crippen LogP contribution in [0.15, 0.2) is 57.9 Å². The summed E-state index contributed by atoms with van der Waals surface area (Å²) in [5.41, 5.74) is 2.39. The molecular formula is C20H22BrNO2S. The van der Waals surface area contributed by atoms with Crippen LogP contribution in [0.5, 0.6) is 0 Å². The molecule has 0 aliphatic carbocycles. The van der Waals surface area contributed by atoms with Crippen LogP contribution in [0.25, 0.3) is 0 Å². The molecule has 1 saturated heterocycles. The first kappa shape index (κ1) is 18.5. The fourth-order valence-corrected chi connectivity index (χ4v) is 4.42. The minimum atomic E-state index is -0.687. The highest BCUT2D eigenvalue weighted by Crippen LogP contribution is 2.36. The molecule has 2 atom stereocenters. The van der Waals surface area contributed by atoms with Crippen LogP contribution >= 0.6 is 27.7 Å². The van der Waals surface area contributed by atoms with Crippen LogP contribution in [0, 0.1) is 5.92 Å². The van der Waals surface area contributed by atoms with Crippen molar-refractivity contribution in [2.24, 2.45) is 5.92 Å². The highest BCUT2D eigenvalue weighted by atomic mass is 79.9. The first-order valence-corrected chi connectivity index (χ1v) is 10.5. The van der Waals surface area contributed by atoms with Gasteiger partial charge in [0.25, 0.3) is 0 Å². The maximum atomic E-state index is 11.5. The van der Waals surface area contributed by atoms with Crippen LogP contribution < -0.4 is 0 Å². The zero-order chi connectivity index (χ0) is 17.8. The summed E-state index contributed by atoms with van der Waals surface area (Å²) in [6, 6.07) is 16.9. The number of carbonyl (C=O) groups is 1. The van der Waals surface area contributed by atoms with Crippen molar-refractivity contribution in [1.82, 2.24) is 4.90 Å². The van der Waals surface area contributed by atoms with Gasteiger partial charge in [-0.15, -0.1) is 11.8 Å². The molecule has 132 valence electrons. The Morgan fingerprint density at radius 3 is 2.60 bits per heavy atom. The van der Waals surface area contributed by atoms with Crippen LogP contribution in [0.4, 0.5) is 0 Å². The number of aliphatic carboxylic acids is 1. The van der Waals surface area contributed by atoms with Crippen molar-refractivity contribution in [3.63, 3.8) is 0 Å². The number of halogens is 1. The molecule has 25 heavy (non-hydrogen) atoms. The van der Waals surface area contributed by atoms with E-state index in [0.29, 0.717) is 6.54 Å². The summed E-state index contributed by atoms with van der Waals surface area (Å²) >= 11 is 5.41. The summed E-state index contributed by atoms with van der Waals surface area (Å²) in [6.45, 7) is 1.51. The smallest absolute Gasteiger partial charge is 0.307 e. The number of piperidine rings is 1. The topological polar surface area (TPSA) is 40.5 Å². The normalized spacial score (nSPS) is 19.5. The van der Waals surface area contributed by atoms with E-state index in [1.807, 2.05) is 12.1 Å². The number of nitrogens with zero attached hydrogens (tertiary/aromatic N) is 1. The Balaban J connectivity index is 1.99. The number of rotatable bonds is 5. The number of hydrogen-bond donors (Lipinski definition) is 1. The van der Waals surface area contributed by atoms with Gasteiger partial charge in [-0.25, -0.2) is 0 Å². The Morgan fingerprint density at radius 2 is 1.96 bits per heavy atom. The lowest BCUT2D eigenvalue weighted by molar-refractivity contribution is -0.143. The third kappa shape index (κ3) is 4.27. The molecule has 0 aromatic heterocycles. The SMILES string of the molecule is CSc1ccc(C(c2ccccc2Br)N2CCCC(C(=O)O)C2)cc1. The Hall–Kier alpha value is -1.30. The molecule has 5 heteroatoms. The van der Waals surface area contributed by atoms with E-state index in [1.54, 1.807) is 11.8 Å². The number of thioether (sulfide) groups is 1. The van der Waals surface area contributed by atoms with Gasteiger partial charge < -0.3 is 5.11 Å². The molecule has 0 spiro atoms. The number of hydrogen-bond acceptors (Lipinski definition) is 3. The molecule has 1 aliphatic heterocycles. The van der Waals surface area contributed by atoms with E-state index >= 15 is 0 Å². The second-order valence-corrected chi connectivity index (χ2v) is 8.10. The number of carboxylic acids is 1. The van der Waals surface area contributed by atoms with E-state index in [1.165, 1.54) is 16.0 Å². The molecule has 0 bridgehead atoms. The van der Waals surface area contributed by atoms with Gasteiger partial charge in [0.05, 0.1) is 12.0 Å². The first-order valence-electron chi connectivity index (χ1n) is 8.45. The van der Waals surface area contributed by atoms with Crippen molar-refractivity contribution in [2.75, 3.05) is 19.3 Å². The van der Waals surface area contributed by atoms with Gasteiger partial charge in [0.2, 0.25) is 0 Å². The fourth-order valence-electron chi connectivity index (χ4n) is 3.51. The predicted octanol–water partition coefficient (Wildman–Crippen LogP) is 5.06. The summed E-state index contributed by atoms with van der Waals surface area (Å²) in [4.78, 5) is 15.1. The highest BCUT2D eigenvalue weighted by Gasteiger charge is 2.31. The van der Waals surface area contributed by atoms with Crippen molar-refractivity contribution in [3.05, 3.63) is 64.1 Å². The number of benzene rings is 2. The maximum absolute atomic E-state index is 11.5. The summed E-state index contributed by atoms with van der Waals surface area (Å²) in [6.07, 6.45) is 3.75. The highest BCUT2D eigenvalue weighted by molar-refractivity contribution is 9.10. The molecule has 1 N–H and O–H groups in total. The van der Waals surface area contributed by atoms with Crippen LogP contribution in [-0.2, 0) is 4.79 Å². The van der Waals surface area contributed by atoms with E-state index in [9.17, 15) is 9.90 Å². The molecule has 0 amide bonds. The van der Waals surface area contributed by atoms with Crippen LogP contribution in [-0.4, -0.2) is 35.3 Å². The molecular weight excluding hydrogens is 398 g/mol. The lowest BCUT2D eigenvalue weighted by atomic mass is 9.91. The Kier molecular flexibility index (Phi) is 6.20. The molecule has 0 saturated carbocycles. The van der Waals surface area contributed by atoms with Gasteiger partial charge >= 0.3 is 5.97 Å². The second kappa shape index (κ2) is 8.39. The lowest BCUT2D eigenvalue weighted by Gasteiger charge is -2.38. The van der Waals surface area contributed by atoms with Gasteiger partial charge in [-0.2, -0.15) is 0 Å². The van der Waals surface area contributed by atoms with E-state index in [2.05, 4.69) is 63.5 Å². The molecule has 1 fully saturated rings. The zero-order valence-corrected chi connectivity index (χ0v) is 16.6. The molecule has 3 nitrogen and oxygen atoms in total. The first-order chi connectivity index (χ1) is 12.1. The molecule has 3 rings (SSSR count). The van der Waals surface area contributed by atoms with Crippen LogP contribution in [0.3, 0.4) is 0 Å². The minimum Gasteiger partial charge on any atom is -0.481 e. The largest absolute Gasteiger partial charge is 0.481 e. The van der Waals surface area contributed by atoms with Crippen LogP contribution in [0.1, 0.15) is 30.0 Å². The standard InChI is InChI=1S/C20H22BrNO2S/c1-25-16-10-8-14(9-11-16)19(17-6-2-3-7-18(17)21)22-12-4-5-15(13-22)20(23)24/h2-3,6-11,15,19H,4-5,12-13H2,1H3,(H,23,24). The van der Waals surface area contributed by atoms with Crippen molar-refractivity contribution >= 4 is 33.7 Å². The molecule has 1 aliphatic rings. The van der Waals surface area contributed by atoms with E-state index in [-0.39, 0.29) is 12.0 Å². The second-order valence-electron chi connectivity index (χ2n) is 6.37.